The van der Waals surface area contributed by atoms with Crippen molar-refractivity contribution < 1.29 is 4.74 Å². The van der Waals surface area contributed by atoms with Crippen LogP contribution in [-0.2, 0) is 17.0 Å². The molecule has 1 saturated heterocycles. The lowest BCUT2D eigenvalue weighted by atomic mass is 10.0. The van der Waals surface area contributed by atoms with Crippen LogP contribution in [0.2, 0.25) is 5.02 Å². The molecule has 0 amide bonds. The molecule has 36 heavy (non-hydrogen) atoms. The molecule has 3 aromatic carbocycles. The smallest absolute Gasteiger partial charge is 0.191 e. The number of fused-ring (bicyclic) bond motifs is 1. The predicted molar refractivity (Wildman–Crippen MR) is 146 cm³/mol. The van der Waals surface area contributed by atoms with Crippen molar-refractivity contribution in [1.82, 2.24) is 19.7 Å². The van der Waals surface area contributed by atoms with Crippen LogP contribution in [-0.4, -0.2) is 32.5 Å². The minimum Gasteiger partial charge on any atom is -0.376 e. The van der Waals surface area contributed by atoms with Crippen LogP contribution in [0.1, 0.15) is 18.4 Å². The molecule has 3 heterocycles. The lowest BCUT2D eigenvalue weighted by Gasteiger charge is -2.16. The lowest BCUT2D eigenvalue weighted by Crippen LogP contribution is -2.16. The number of para-hydroxylation sites is 1. The van der Waals surface area contributed by atoms with Gasteiger partial charge >= 0.3 is 0 Å². The van der Waals surface area contributed by atoms with Gasteiger partial charge in [-0.05, 0) is 42.7 Å². The minimum absolute atomic E-state index is 0.163. The Labute approximate surface area is 219 Å². The number of pyridine rings is 1. The molecule has 0 unspecified atom stereocenters. The number of hydrogen-bond acceptors (Lipinski definition) is 5. The first-order valence-electron chi connectivity index (χ1n) is 12.1. The number of aromatic nitrogens is 4. The van der Waals surface area contributed by atoms with Crippen LogP contribution in [0.15, 0.2) is 90.1 Å². The van der Waals surface area contributed by atoms with Crippen molar-refractivity contribution in [2.45, 2.75) is 36.4 Å². The first-order chi connectivity index (χ1) is 17.7. The van der Waals surface area contributed by atoms with Crippen LogP contribution in [0.25, 0.3) is 33.5 Å². The van der Waals surface area contributed by atoms with Gasteiger partial charge in [0.2, 0.25) is 0 Å². The summed E-state index contributed by atoms with van der Waals surface area (Å²) in [4.78, 5) is 4.96. The quantitative estimate of drug-likeness (QED) is 0.214. The topological polar surface area (TPSA) is 52.8 Å². The van der Waals surface area contributed by atoms with Gasteiger partial charge in [-0.25, -0.2) is 4.98 Å². The molecule has 7 heteroatoms. The number of halogens is 1. The third-order valence-corrected chi connectivity index (χ3v) is 7.72. The van der Waals surface area contributed by atoms with Crippen molar-refractivity contribution in [1.29, 1.82) is 0 Å². The van der Waals surface area contributed by atoms with Crippen LogP contribution < -0.4 is 0 Å². The summed E-state index contributed by atoms with van der Waals surface area (Å²) in [6.45, 7) is 1.54. The van der Waals surface area contributed by atoms with E-state index in [-0.39, 0.29) is 6.10 Å². The Balaban J connectivity index is 1.44. The van der Waals surface area contributed by atoms with E-state index in [1.165, 1.54) is 5.56 Å². The third-order valence-electron chi connectivity index (χ3n) is 6.43. The molecule has 5 aromatic rings. The minimum atomic E-state index is 0.163. The molecule has 0 spiro atoms. The molecule has 0 saturated carbocycles. The molecule has 2 aromatic heterocycles. The number of ether oxygens (including phenoxy) is 1. The summed E-state index contributed by atoms with van der Waals surface area (Å²) in [5.41, 5.74) is 5.16. The summed E-state index contributed by atoms with van der Waals surface area (Å²) in [7, 11) is 0. The van der Waals surface area contributed by atoms with E-state index in [1.807, 2.05) is 42.5 Å². The monoisotopic (exact) mass is 512 g/mol. The van der Waals surface area contributed by atoms with Crippen LogP contribution >= 0.6 is 23.4 Å². The average Bonchev–Trinajstić information content (AvgIpc) is 3.59. The average molecular weight is 513 g/mol. The van der Waals surface area contributed by atoms with Gasteiger partial charge in [-0.2, -0.15) is 0 Å². The summed E-state index contributed by atoms with van der Waals surface area (Å²) in [5.74, 6) is 1.63. The van der Waals surface area contributed by atoms with Gasteiger partial charge in [0.25, 0.3) is 0 Å². The van der Waals surface area contributed by atoms with Gasteiger partial charge in [-0.3, -0.25) is 4.57 Å². The van der Waals surface area contributed by atoms with Crippen molar-refractivity contribution in [2.75, 3.05) is 6.61 Å². The second-order valence-electron chi connectivity index (χ2n) is 8.91. The first-order valence-corrected chi connectivity index (χ1v) is 13.5. The first kappa shape index (κ1) is 23.2. The fourth-order valence-corrected chi connectivity index (χ4v) is 5.63. The molecule has 5 nitrogen and oxygen atoms in total. The van der Waals surface area contributed by atoms with E-state index in [9.17, 15) is 0 Å². The van der Waals surface area contributed by atoms with E-state index in [2.05, 4.69) is 52.1 Å². The number of benzene rings is 3. The molecule has 1 fully saturated rings. The van der Waals surface area contributed by atoms with Crippen LogP contribution in [0.3, 0.4) is 0 Å². The Kier molecular flexibility index (Phi) is 6.73. The van der Waals surface area contributed by atoms with Crippen LogP contribution in [0, 0.1) is 0 Å². The van der Waals surface area contributed by atoms with Gasteiger partial charge in [0.05, 0.1) is 23.9 Å². The van der Waals surface area contributed by atoms with E-state index in [0.717, 1.165) is 75.5 Å². The molecule has 0 aliphatic carbocycles. The molecule has 0 radical (unpaired) electrons. The Hall–Kier alpha value is -3.19. The van der Waals surface area contributed by atoms with Gasteiger partial charge in [0.1, 0.15) is 0 Å². The van der Waals surface area contributed by atoms with E-state index < -0.39 is 0 Å². The molecule has 6 rings (SSSR count). The van der Waals surface area contributed by atoms with Crippen molar-refractivity contribution in [2.24, 2.45) is 0 Å². The van der Waals surface area contributed by atoms with Gasteiger partial charge in [-0.15, -0.1) is 10.2 Å². The highest BCUT2D eigenvalue weighted by Gasteiger charge is 2.23. The predicted octanol–water partition coefficient (Wildman–Crippen LogP) is 7.29. The fraction of sp³-hybridized carbons (Fsp3) is 0.207. The summed E-state index contributed by atoms with van der Waals surface area (Å²) < 4.78 is 8.25. The summed E-state index contributed by atoms with van der Waals surface area (Å²) >= 11 is 7.76. The molecule has 180 valence electrons. The Bertz CT molecular complexity index is 1480. The van der Waals surface area contributed by atoms with Gasteiger partial charge in [0.15, 0.2) is 11.0 Å². The van der Waals surface area contributed by atoms with Crippen molar-refractivity contribution in [3.05, 3.63) is 95.5 Å². The maximum atomic E-state index is 6.07. The van der Waals surface area contributed by atoms with Gasteiger partial charge in [0, 0.05) is 33.9 Å². The summed E-state index contributed by atoms with van der Waals surface area (Å²) in [5, 5.41) is 12.1. The van der Waals surface area contributed by atoms with E-state index in [0.29, 0.717) is 0 Å². The SMILES string of the molecule is Clc1ccc(CSc2nnc(-c3cc(-c4ccccc4)nc4ccccc34)n2C[C@@H]2CCCO2)cc1. The van der Waals surface area contributed by atoms with Crippen LogP contribution in [0.4, 0.5) is 0 Å². The molecule has 0 bridgehead atoms. The number of hydrogen-bond donors (Lipinski definition) is 0. The Morgan fingerprint density at radius 1 is 0.944 bits per heavy atom. The van der Waals surface area contributed by atoms with E-state index >= 15 is 0 Å². The zero-order chi connectivity index (χ0) is 24.3. The maximum Gasteiger partial charge on any atom is 0.191 e. The Morgan fingerprint density at radius 2 is 1.75 bits per heavy atom. The van der Waals surface area contributed by atoms with E-state index in [4.69, 9.17) is 26.4 Å². The fourth-order valence-electron chi connectivity index (χ4n) is 4.60. The molecule has 1 aliphatic rings. The van der Waals surface area contributed by atoms with Gasteiger partial charge < -0.3 is 4.74 Å². The highest BCUT2D eigenvalue weighted by molar-refractivity contribution is 7.98. The normalized spacial score (nSPS) is 15.5. The number of thioether (sulfide) groups is 1. The Morgan fingerprint density at radius 3 is 2.56 bits per heavy atom. The lowest BCUT2D eigenvalue weighted by molar-refractivity contribution is 0.0953. The summed E-state index contributed by atoms with van der Waals surface area (Å²) in [6, 6.07) is 28.6. The van der Waals surface area contributed by atoms with Gasteiger partial charge in [-0.1, -0.05) is 84.0 Å². The highest BCUT2D eigenvalue weighted by Crippen LogP contribution is 2.34. The largest absolute Gasteiger partial charge is 0.376 e. The summed E-state index contributed by atoms with van der Waals surface area (Å²) in [6.07, 6.45) is 2.30. The second-order valence-corrected chi connectivity index (χ2v) is 10.3. The second kappa shape index (κ2) is 10.4. The standard InChI is InChI=1S/C29H25ClN4OS/c30-22-14-12-20(13-15-22)19-36-29-33-32-28(34(29)18-23-9-6-16-35-23)25-17-27(21-7-2-1-3-8-21)31-26-11-5-4-10-24(25)26/h1-5,7-8,10-15,17,23H,6,9,16,18-19H2/t23-/m0/s1. The number of nitrogens with zero attached hydrogens (tertiary/aromatic N) is 4. The molecule has 1 atom stereocenters. The van der Waals surface area contributed by atoms with Crippen LogP contribution in [0.5, 0.6) is 0 Å². The zero-order valence-electron chi connectivity index (χ0n) is 19.7. The molecular weight excluding hydrogens is 488 g/mol. The molecular formula is C29H25ClN4OS. The maximum absolute atomic E-state index is 6.07. The third kappa shape index (κ3) is 4.89. The zero-order valence-corrected chi connectivity index (χ0v) is 21.3. The van der Waals surface area contributed by atoms with E-state index in [1.54, 1.807) is 11.8 Å². The van der Waals surface area contributed by atoms with Crippen molar-refractivity contribution in [3.8, 4) is 22.6 Å². The highest BCUT2D eigenvalue weighted by atomic mass is 35.5. The number of rotatable bonds is 7. The molecule has 1 aliphatic heterocycles. The van der Waals surface area contributed by atoms with Crippen molar-refractivity contribution >= 4 is 34.3 Å². The van der Waals surface area contributed by atoms with Crippen molar-refractivity contribution in [3.63, 3.8) is 0 Å². The molecule has 0 N–H and O–H groups in total.